The molecule has 0 aromatic heterocycles. The number of carboxylic acids is 1. The van der Waals surface area contributed by atoms with Gasteiger partial charge in [-0.1, -0.05) is 19.9 Å². The lowest BCUT2D eigenvalue weighted by atomic mass is 10.0. The van der Waals surface area contributed by atoms with E-state index in [0.717, 1.165) is 0 Å². The van der Waals surface area contributed by atoms with Gasteiger partial charge in [0.25, 0.3) is 0 Å². The van der Waals surface area contributed by atoms with Crippen molar-refractivity contribution in [3.63, 3.8) is 0 Å². The molecule has 0 unspecified atom stereocenters. The smallest absolute Gasteiger partial charge is 0.338 e. The molecule has 0 aliphatic carbocycles. The third kappa shape index (κ3) is 3.90. The van der Waals surface area contributed by atoms with Gasteiger partial charge in [-0.05, 0) is 31.5 Å². The third-order valence-electron chi connectivity index (χ3n) is 2.06. The van der Waals surface area contributed by atoms with Gasteiger partial charge in [-0.25, -0.2) is 9.59 Å². The molecule has 0 amide bonds. The molecule has 0 aliphatic rings. The Bertz CT molecular complexity index is 396. The van der Waals surface area contributed by atoms with E-state index in [0.29, 0.717) is 11.1 Å². The van der Waals surface area contributed by atoms with Gasteiger partial charge in [-0.15, -0.1) is 0 Å². The number of ether oxygens (including phenoxy) is 1. The number of hydrogen-bond acceptors (Lipinski definition) is 3. The maximum absolute atomic E-state index is 11.4. The highest BCUT2D eigenvalue weighted by Crippen LogP contribution is 2.14. The van der Waals surface area contributed by atoms with Crippen LogP contribution in [0.2, 0.25) is 0 Å². The average molecular weight is 238 g/mol. The Labute approximate surface area is 101 Å². The van der Waals surface area contributed by atoms with E-state index in [2.05, 4.69) is 0 Å². The van der Waals surface area contributed by atoms with E-state index in [-0.39, 0.29) is 12.2 Å². The van der Waals surface area contributed by atoms with Crippen LogP contribution in [0.1, 0.15) is 47.1 Å². The number of aromatic carboxylic acids is 1. The van der Waals surface area contributed by atoms with Crippen LogP contribution in [0.5, 0.6) is 0 Å². The first-order valence-corrected chi connectivity index (χ1v) is 5.58. The molecule has 0 fully saturated rings. The fourth-order valence-corrected chi connectivity index (χ4v) is 1.30. The van der Waals surface area contributed by atoms with Crippen molar-refractivity contribution in [2.45, 2.75) is 27.7 Å². The van der Waals surface area contributed by atoms with E-state index in [9.17, 15) is 9.59 Å². The zero-order valence-electron chi connectivity index (χ0n) is 10.6. The van der Waals surface area contributed by atoms with Gasteiger partial charge in [0.2, 0.25) is 0 Å². The molecule has 4 heteroatoms. The Balaban J connectivity index is 0.00000121. The van der Waals surface area contributed by atoms with Gasteiger partial charge in [-0.3, -0.25) is 0 Å². The van der Waals surface area contributed by atoms with Crippen LogP contribution in [0.3, 0.4) is 0 Å². The quantitative estimate of drug-likeness (QED) is 0.822. The predicted molar refractivity (Wildman–Crippen MR) is 65.4 cm³/mol. The van der Waals surface area contributed by atoms with Crippen LogP contribution in [0, 0.1) is 6.92 Å². The number of hydrogen-bond donors (Lipinski definition) is 1. The van der Waals surface area contributed by atoms with Crippen LogP contribution in [-0.2, 0) is 4.74 Å². The van der Waals surface area contributed by atoms with Crippen molar-refractivity contribution in [3.05, 3.63) is 34.9 Å². The molecule has 4 nitrogen and oxygen atoms in total. The summed E-state index contributed by atoms with van der Waals surface area (Å²) < 4.78 is 4.81. The summed E-state index contributed by atoms with van der Waals surface area (Å²) in [5.41, 5.74) is 0.862. The summed E-state index contributed by atoms with van der Waals surface area (Å²) in [7, 11) is 0. The van der Waals surface area contributed by atoms with Gasteiger partial charge in [0.05, 0.1) is 17.7 Å². The van der Waals surface area contributed by atoms with E-state index in [1.54, 1.807) is 19.9 Å². The molecule has 0 saturated heterocycles. The molecule has 0 atom stereocenters. The van der Waals surface area contributed by atoms with E-state index >= 15 is 0 Å². The molecule has 0 bridgehead atoms. The largest absolute Gasteiger partial charge is 0.478 e. The zero-order chi connectivity index (χ0) is 13.4. The lowest BCUT2D eigenvalue weighted by molar-refractivity contribution is 0.0525. The highest BCUT2D eigenvalue weighted by Gasteiger charge is 2.15. The Morgan fingerprint density at radius 1 is 1.24 bits per heavy atom. The molecule has 0 aliphatic heterocycles. The second-order valence-corrected chi connectivity index (χ2v) is 3.00. The maximum Gasteiger partial charge on any atom is 0.338 e. The van der Waals surface area contributed by atoms with E-state index < -0.39 is 11.9 Å². The molecular weight excluding hydrogens is 220 g/mol. The average Bonchev–Trinajstić information content (AvgIpc) is 2.31. The zero-order valence-corrected chi connectivity index (χ0v) is 10.6. The lowest BCUT2D eigenvalue weighted by Gasteiger charge is -2.07. The molecule has 1 N–H and O–H groups in total. The summed E-state index contributed by atoms with van der Waals surface area (Å²) in [6.07, 6.45) is 0. The molecular formula is C13H18O4. The molecule has 0 radical (unpaired) electrons. The van der Waals surface area contributed by atoms with E-state index in [1.165, 1.54) is 12.1 Å². The number of carbonyl (C=O) groups is 2. The monoisotopic (exact) mass is 238 g/mol. The molecule has 1 rings (SSSR count). The minimum Gasteiger partial charge on any atom is -0.478 e. The van der Waals surface area contributed by atoms with Gasteiger partial charge < -0.3 is 9.84 Å². The van der Waals surface area contributed by atoms with Crippen LogP contribution in [0.15, 0.2) is 18.2 Å². The molecule has 0 saturated carbocycles. The van der Waals surface area contributed by atoms with E-state index in [1.807, 2.05) is 13.8 Å². The Hall–Kier alpha value is -1.84. The summed E-state index contributed by atoms with van der Waals surface area (Å²) in [6.45, 7) is 7.57. The fourth-order valence-electron chi connectivity index (χ4n) is 1.30. The first-order valence-electron chi connectivity index (χ1n) is 5.58. The highest BCUT2D eigenvalue weighted by atomic mass is 16.5. The van der Waals surface area contributed by atoms with Crippen LogP contribution < -0.4 is 0 Å². The van der Waals surface area contributed by atoms with Gasteiger partial charge in [0, 0.05) is 0 Å². The number of esters is 1. The molecule has 94 valence electrons. The Morgan fingerprint density at radius 2 is 1.76 bits per heavy atom. The number of carboxylic acid groups (broad SMARTS) is 1. The molecule has 1 aromatic rings. The van der Waals surface area contributed by atoms with Crippen molar-refractivity contribution < 1.29 is 19.4 Å². The maximum atomic E-state index is 11.4. The van der Waals surface area contributed by atoms with Crippen molar-refractivity contribution >= 4 is 11.9 Å². The minimum atomic E-state index is -1.04. The second-order valence-electron chi connectivity index (χ2n) is 3.00. The third-order valence-corrected chi connectivity index (χ3v) is 2.06. The van der Waals surface area contributed by atoms with Crippen molar-refractivity contribution in [1.82, 2.24) is 0 Å². The van der Waals surface area contributed by atoms with Crippen molar-refractivity contribution in [1.29, 1.82) is 0 Å². The van der Waals surface area contributed by atoms with Crippen LogP contribution in [0.25, 0.3) is 0 Å². The topological polar surface area (TPSA) is 63.6 Å². The Kier molecular flexibility index (Phi) is 6.63. The van der Waals surface area contributed by atoms with Crippen LogP contribution in [0.4, 0.5) is 0 Å². The molecule has 0 spiro atoms. The van der Waals surface area contributed by atoms with Crippen LogP contribution in [-0.4, -0.2) is 23.7 Å². The first kappa shape index (κ1) is 15.2. The summed E-state index contributed by atoms with van der Waals surface area (Å²) in [4.78, 5) is 22.2. The van der Waals surface area contributed by atoms with Crippen LogP contribution >= 0.6 is 0 Å². The molecule has 0 heterocycles. The second kappa shape index (κ2) is 7.44. The summed E-state index contributed by atoms with van der Waals surface area (Å²) >= 11 is 0. The van der Waals surface area contributed by atoms with Gasteiger partial charge in [0.1, 0.15) is 0 Å². The SMILES string of the molecule is CC.CCOC(=O)c1cccc(C(=O)O)c1C. The van der Waals surface area contributed by atoms with Gasteiger partial charge in [0.15, 0.2) is 0 Å². The molecule has 17 heavy (non-hydrogen) atoms. The fraction of sp³-hybridized carbons (Fsp3) is 0.385. The highest BCUT2D eigenvalue weighted by molar-refractivity contribution is 5.97. The van der Waals surface area contributed by atoms with Gasteiger partial charge >= 0.3 is 11.9 Å². The Morgan fingerprint density at radius 3 is 2.24 bits per heavy atom. The summed E-state index contributed by atoms with van der Waals surface area (Å²) in [5, 5.41) is 8.85. The lowest BCUT2D eigenvalue weighted by Crippen LogP contribution is -2.10. The minimum absolute atomic E-state index is 0.126. The first-order chi connectivity index (χ1) is 8.07. The predicted octanol–water partition coefficient (Wildman–Crippen LogP) is 2.90. The summed E-state index contributed by atoms with van der Waals surface area (Å²) in [5.74, 6) is -1.53. The van der Waals surface area contributed by atoms with Crippen molar-refractivity contribution in [3.8, 4) is 0 Å². The van der Waals surface area contributed by atoms with Crippen molar-refractivity contribution in [2.24, 2.45) is 0 Å². The number of rotatable bonds is 3. The number of benzene rings is 1. The normalized spacial score (nSPS) is 8.94. The van der Waals surface area contributed by atoms with Gasteiger partial charge in [-0.2, -0.15) is 0 Å². The van der Waals surface area contributed by atoms with Crippen molar-refractivity contribution in [2.75, 3.05) is 6.61 Å². The standard InChI is InChI=1S/C11H12O4.C2H6/c1-3-15-11(14)9-6-4-5-8(7(9)2)10(12)13;1-2/h4-6H,3H2,1-2H3,(H,12,13);1-2H3. The summed E-state index contributed by atoms with van der Waals surface area (Å²) in [6, 6.07) is 4.54. The molecule has 1 aromatic carbocycles. The van der Waals surface area contributed by atoms with E-state index in [4.69, 9.17) is 9.84 Å². The number of carbonyl (C=O) groups excluding carboxylic acids is 1.